The van der Waals surface area contributed by atoms with Crippen molar-refractivity contribution in [1.82, 2.24) is 10.3 Å². The third kappa shape index (κ3) is 4.18. The Bertz CT molecular complexity index is 648. The van der Waals surface area contributed by atoms with Crippen LogP contribution in [0.5, 0.6) is 17.4 Å². The van der Waals surface area contributed by atoms with Gasteiger partial charge in [0.15, 0.2) is 0 Å². The second-order valence-electron chi connectivity index (χ2n) is 4.50. The van der Waals surface area contributed by atoms with Crippen molar-refractivity contribution in [2.45, 2.75) is 13.5 Å². The van der Waals surface area contributed by atoms with Crippen molar-refractivity contribution >= 4 is 31.9 Å². The standard InChI is InChI=1S/C15H16Br2N2O2/c1-9-4-10(8-18-2)5-15(19-9)21-14-7-11(16)13(20-3)6-12(14)17/h4-7,18H,8H2,1-3H3. The average molecular weight is 416 g/mol. The fourth-order valence-corrected chi connectivity index (χ4v) is 2.81. The molecule has 0 bridgehead atoms. The largest absolute Gasteiger partial charge is 0.496 e. The lowest BCUT2D eigenvalue weighted by molar-refractivity contribution is 0.408. The van der Waals surface area contributed by atoms with Gasteiger partial charge in [-0.25, -0.2) is 4.98 Å². The van der Waals surface area contributed by atoms with Gasteiger partial charge in [-0.05, 0) is 69.6 Å². The maximum atomic E-state index is 5.89. The zero-order valence-electron chi connectivity index (χ0n) is 12.0. The summed E-state index contributed by atoms with van der Waals surface area (Å²) in [7, 11) is 3.53. The molecule has 0 radical (unpaired) electrons. The fourth-order valence-electron chi connectivity index (χ4n) is 1.92. The van der Waals surface area contributed by atoms with Gasteiger partial charge in [-0.2, -0.15) is 0 Å². The van der Waals surface area contributed by atoms with Crippen LogP contribution in [0.3, 0.4) is 0 Å². The number of hydrogen-bond donors (Lipinski definition) is 1. The van der Waals surface area contributed by atoms with E-state index in [1.807, 2.05) is 38.2 Å². The number of methoxy groups -OCH3 is 1. The number of ether oxygens (including phenoxy) is 2. The minimum atomic E-state index is 0.568. The number of nitrogens with zero attached hydrogens (tertiary/aromatic N) is 1. The molecule has 0 aliphatic heterocycles. The molecule has 1 N–H and O–H groups in total. The van der Waals surface area contributed by atoms with Crippen molar-refractivity contribution < 1.29 is 9.47 Å². The number of halogens is 2. The molecular formula is C15H16Br2N2O2. The summed E-state index contributed by atoms with van der Waals surface area (Å²) in [5, 5.41) is 3.12. The van der Waals surface area contributed by atoms with Crippen molar-refractivity contribution in [2.24, 2.45) is 0 Å². The zero-order chi connectivity index (χ0) is 15.4. The normalized spacial score (nSPS) is 10.5. The third-order valence-electron chi connectivity index (χ3n) is 2.79. The van der Waals surface area contributed by atoms with Gasteiger partial charge < -0.3 is 14.8 Å². The first-order chi connectivity index (χ1) is 10.0. The SMILES string of the molecule is CNCc1cc(C)nc(Oc2cc(Br)c(OC)cc2Br)c1. The van der Waals surface area contributed by atoms with Crippen LogP contribution in [0.25, 0.3) is 0 Å². The molecular weight excluding hydrogens is 400 g/mol. The molecule has 1 heterocycles. The van der Waals surface area contributed by atoms with E-state index in [1.54, 1.807) is 7.11 Å². The van der Waals surface area contributed by atoms with E-state index in [1.165, 1.54) is 0 Å². The molecule has 1 aromatic heterocycles. The molecule has 6 heteroatoms. The second kappa shape index (κ2) is 7.24. The Labute approximate surface area is 141 Å². The Morgan fingerprint density at radius 3 is 2.43 bits per heavy atom. The van der Waals surface area contributed by atoms with Crippen LogP contribution < -0.4 is 14.8 Å². The van der Waals surface area contributed by atoms with E-state index in [2.05, 4.69) is 42.2 Å². The molecule has 0 saturated carbocycles. The van der Waals surface area contributed by atoms with Gasteiger partial charge in [0.1, 0.15) is 11.5 Å². The highest BCUT2D eigenvalue weighted by Crippen LogP contribution is 2.37. The first-order valence-corrected chi connectivity index (χ1v) is 7.95. The molecule has 21 heavy (non-hydrogen) atoms. The second-order valence-corrected chi connectivity index (χ2v) is 6.21. The summed E-state index contributed by atoms with van der Waals surface area (Å²) in [5.41, 5.74) is 2.05. The lowest BCUT2D eigenvalue weighted by Crippen LogP contribution is -2.06. The molecule has 112 valence electrons. The number of pyridine rings is 1. The van der Waals surface area contributed by atoms with E-state index in [0.29, 0.717) is 11.6 Å². The molecule has 0 aliphatic rings. The zero-order valence-corrected chi connectivity index (χ0v) is 15.2. The molecule has 0 atom stereocenters. The summed E-state index contributed by atoms with van der Waals surface area (Å²) >= 11 is 6.93. The third-order valence-corrected chi connectivity index (χ3v) is 4.03. The monoisotopic (exact) mass is 414 g/mol. The summed E-state index contributed by atoms with van der Waals surface area (Å²) < 4.78 is 12.8. The lowest BCUT2D eigenvalue weighted by Gasteiger charge is -2.12. The predicted octanol–water partition coefficient (Wildman–Crippen LogP) is 4.44. The highest BCUT2D eigenvalue weighted by Gasteiger charge is 2.10. The van der Waals surface area contributed by atoms with Crippen molar-refractivity contribution in [1.29, 1.82) is 0 Å². The quantitative estimate of drug-likeness (QED) is 0.784. The van der Waals surface area contributed by atoms with Gasteiger partial charge in [-0.3, -0.25) is 0 Å². The Morgan fingerprint density at radius 2 is 1.76 bits per heavy atom. The smallest absolute Gasteiger partial charge is 0.219 e. The lowest BCUT2D eigenvalue weighted by atomic mass is 10.2. The number of aryl methyl sites for hydroxylation is 1. The van der Waals surface area contributed by atoms with Gasteiger partial charge >= 0.3 is 0 Å². The molecule has 0 aliphatic carbocycles. The van der Waals surface area contributed by atoms with Crippen LogP contribution in [0.4, 0.5) is 0 Å². The van der Waals surface area contributed by atoms with Crippen molar-refractivity contribution in [3.8, 4) is 17.4 Å². The first kappa shape index (κ1) is 16.3. The fraction of sp³-hybridized carbons (Fsp3) is 0.267. The number of rotatable bonds is 5. The number of benzene rings is 1. The van der Waals surface area contributed by atoms with Gasteiger partial charge in [0, 0.05) is 18.3 Å². The summed E-state index contributed by atoms with van der Waals surface area (Å²) in [4.78, 5) is 4.41. The maximum Gasteiger partial charge on any atom is 0.219 e. The van der Waals surface area contributed by atoms with E-state index in [-0.39, 0.29) is 0 Å². The highest BCUT2D eigenvalue weighted by molar-refractivity contribution is 9.11. The van der Waals surface area contributed by atoms with Gasteiger partial charge in [-0.15, -0.1) is 0 Å². The average Bonchev–Trinajstić information content (AvgIpc) is 2.42. The van der Waals surface area contributed by atoms with Gasteiger partial charge in [0.2, 0.25) is 5.88 Å². The van der Waals surface area contributed by atoms with Crippen molar-refractivity contribution in [2.75, 3.05) is 14.2 Å². The maximum absolute atomic E-state index is 5.89. The molecule has 2 aromatic rings. The molecule has 2 rings (SSSR count). The van der Waals surface area contributed by atoms with E-state index < -0.39 is 0 Å². The van der Waals surface area contributed by atoms with Crippen molar-refractivity contribution in [3.63, 3.8) is 0 Å². The number of aromatic nitrogens is 1. The van der Waals surface area contributed by atoms with E-state index in [9.17, 15) is 0 Å². The van der Waals surface area contributed by atoms with Gasteiger partial charge in [0.05, 0.1) is 16.1 Å². The molecule has 4 nitrogen and oxygen atoms in total. The van der Waals surface area contributed by atoms with Crippen LogP contribution in [0.1, 0.15) is 11.3 Å². The van der Waals surface area contributed by atoms with Gasteiger partial charge in [0.25, 0.3) is 0 Å². The summed E-state index contributed by atoms with van der Waals surface area (Å²) in [6, 6.07) is 7.66. The minimum Gasteiger partial charge on any atom is -0.496 e. The number of nitrogens with one attached hydrogen (secondary N) is 1. The summed E-state index contributed by atoms with van der Waals surface area (Å²) in [5.74, 6) is 1.98. The molecule has 0 unspecified atom stereocenters. The molecule has 0 saturated heterocycles. The van der Waals surface area contributed by atoms with Crippen LogP contribution in [0, 0.1) is 6.92 Å². The van der Waals surface area contributed by atoms with Crippen LogP contribution in [-0.2, 0) is 6.54 Å². The van der Waals surface area contributed by atoms with E-state index in [0.717, 1.165) is 32.5 Å². The van der Waals surface area contributed by atoms with Gasteiger partial charge in [-0.1, -0.05) is 0 Å². The molecule has 0 fully saturated rings. The Kier molecular flexibility index (Phi) is 5.61. The predicted molar refractivity (Wildman–Crippen MR) is 90.2 cm³/mol. The highest BCUT2D eigenvalue weighted by atomic mass is 79.9. The van der Waals surface area contributed by atoms with Crippen LogP contribution in [0.2, 0.25) is 0 Å². The number of hydrogen-bond acceptors (Lipinski definition) is 4. The summed E-state index contributed by atoms with van der Waals surface area (Å²) in [6.07, 6.45) is 0. The topological polar surface area (TPSA) is 43.4 Å². The molecule has 1 aromatic carbocycles. The first-order valence-electron chi connectivity index (χ1n) is 6.36. The Morgan fingerprint density at radius 1 is 1.10 bits per heavy atom. The van der Waals surface area contributed by atoms with Crippen LogP contribution in [-0.4, -0.2) is 19.1 Å². The Hall–Kier alpha value is -1.11. The minimum absolute atomic E-state index is 0.568. The van der Waals surface area contributed by atoms with Crippen LogP contribution >= 0.6 is 31.9 Å². The molecule has 0 amide bonds. The van der Waals surface area contributed by atoms with E-state index in [4.69, 9.17) is 9.47 Å². The van der Waals surface area contributed by atoms with E-state index >= 15 is 0 Å². The molecule has 0 spiro atoms. The van der Waals surface area contributed by atoms with Crippen molar-refractivity contribution in [3.05, 3.63) is 44.5 Å². The van der Waals surface area contributed by atoms with Crippen LogP contribution in [0.15, 0.2) is 33.2 Å². The summed E-state index contributed by atoms with van der Waals surface area (Å²) in [6.45, 7) is 2.72. The Balaban J connectivity index is 2.31.